The summed E-state index contributed by atoms with van der Waals surface area (Å²) < 4.78 is 9.28. The van der Waals surface area contributed by atoms with Crippen molar-refractivity contribution in [3.05, 3.63) is 48.6 Å². The van der Waals surface area contributed by atoms with Crippen molar-refractivity contribution in [2.45, 2.75) is 20.8 Å². The minimum atomic E-state index is -0.557. The van der Waals surface area contributed by atoms with Crippen molar-refractivity contribution < 1.29 is 23.9 Å². The van der Waals surface area contributed by atoms with Crippen LogP contribution in [0.15, 0.2) is 48.6 Å². The zero-order chi connectivity index (χ0) is 19.6. The van der Waals surface area contributed by atoms with Gasteiger partial charge in [-0.05, 0) is 26.0 Å². The highest BCUT2D eigenvalue weighted by atomic mass is 16.5. The maximum Gasteiger partial charge on any atom is 0.338 e. The van der Waals surface area contributed by atoms with Gasteiger partial charge in [-0.15, -0.1) is 0 Å². The molecule has 1 aromatic carbocycles. The molecule has 0 saturated heterocycles. The minimum Gasteiger partial charge on any atom is -0.466 e. The molecule has 25 heavy (non-hydrogen) atoms. The fourth-order valence-electron chi connectivity index (χ4n) is 1.36. The smallest absolute Gasteiger partial charge is 0.338 e. The highest BCUT2D eigenvalue weighted by Gasteiger charge is 2.12. The first kappa shape index (κ1) is 21.6. The summed E-state index contributed by atoms with van der Waals surface area (Å²) in [7, 11) is 1.33. The van der Waals surface area contributed by atoms with Crippen LogP contribution in [0.4, 0.5) is 5.69 Å². The van der Waals surface area contributed by atoms with Gasteiger partial charge < -0.3 is 9.47 Å². The second kappa shape index (κ2) is 10.4. The molecular formula is C18H20N2O5. The van der Waals surface area contributed by atoms with E-state index in [-0.39, 0.29) is 17.3 Å². The van der Waals surface area contributed by atoms with E-state index in [2.05, 4.69) is 17.9 Å². The van der Waals surface area contributed by atoms with Gasteiger partial charge in [0, 0.05) is 24.1 Å². The second-order valence-corrected chi connectivity index (χ2v) is 4.89. The number of nitrogens with zero attached hydrogens (tertiary/aromatic N) is 2. The summed E-state index contributed by atoms with van der Waals surface area (Å²) in [5.41, 5.74) is 1.05. The van der Waals surface area contributed by atoms with Crippen LogP contribution in [0.3, 0.4) is 0 Å². The van der Waals surface area contributed by atoms with Gasteiger partial charge in [-0.3, -0.25) is 4.79 Å². The van der Waals surface area contributed by atoms with Crippen LogP contribution in [0.2, 0.25) is 0 Å². The van der Waals surface area contributed by atoms with E-state index < -0.39 is 11.9 Å². The number of hydrogen-bond acceptors (Lipinski definition) is 6. The van der Waals surface area contributed by atoms with Crippen molar-refractivity contribution in [3.8, 4) is 11.9 Å². The minimum absolute atomic E-state index is 0.252. The third-order valence-corrected chi connectivity index (χ3v) is 2.58. The Balaban J connectivity index is 0.000000697. The van der Waals surface area contributed by atoms with E-state index in [1.165, 1.54) is 27.0 Å². The highest BCUT2D eigenvalue weighted by Crippen LogP contribution is 2.21. The fourth-order valence-corrected chi connectivity index (χ4v) is 1.36. The molecule has 1 aromatic rings. The number of benzene rings is 1. The number of methoxy groups -OCH3 is 1. The van der Waals surface area contributed by atoms with Gasteiger partial charge in [0.05, 0.1) is 12.8 Å². The molecule has 0 N–H and O–H groups in total. The number of esters is 2. The lowest BCUT2D eigenvalue weighted by Gasteiger charge is -2.12. The normalized spacial score (nSPS) is 8.76. The fraction of sp³-hybridized carbons (Fsp3) is 0.222. The molecule has 0 aromatic heterocycles. The molecule has 0 atom stereocenters. The van der Waals surface area contributed by atoms with E-state index in [4.69, 9.17) is 10.00 Å². The number of rotatable bonds is 4. The summed E-state index contributed by atoms with van der Waals surface area (Å²) in [5.74, 6) is -1.07. The molecule has 1 amide bonds. The Kier molecular flexibility index (Phi) is 8.98. The first-order chi connectivity index (χ1) is 11.6. The zero-order valence-electron chi connectivity index (χ0n) is 14.7. The van der Waals surface area contributed by atoms with Gasteiger partial charge in [0.1, 0.15) is 5.75 Å². The highest BCUT2D eigenvalue weighted by molar-refractivity contribution is 5.94. The summed E-state index contributed by atoms with van der Waals surface area (Å²) in [6, 6.07) is 6.15. The van der Waals surface area contributed by atoms with Crippen LogP contribution in [-0.2, 0) is 19.1 Å². The molecule has 7 nitrogen and oxygen atoms in total. The van der Waals surface area contributed by atoms with Gasteiger partial charge in [-0.1, -0.05) is 19.2 Å². The number of anilines is 1. The van der Waals surface area contributed by atoms with Gasteiger partial charge in [-0.2, -0.15) is 5.26 Å². The maximum absolute atomic E-state index is 11.3. The molecule has 0 heterocycles. The van der Waals surface area contributed by atoms with Gasteiger partial charge in [0.2, 0.25) is 5.91 Å². The molecule has 0 bridgehead atoms. The van der Waals surface area contributed by atoms with E-state index >= 15 is 0 Å². The summed E-state index contributed by atoms with van der Waals surface area (Å²) in [5, 5.41) is 8.84. The van der Waals surface area contributed by atoms with E-state index in [0.717, 1.165) is 4.90 Å². The molecule has 0 aliphatic rings. The Hall–Kier alpha value is -3.40. The molecule has 7 heteroatoms. The lowest BCUT2D eigenvalue weighted by atomic mass is 10.2. The number of ether oxygens (including phenoxy) is 2. The van der Waals surface area contributed by atoms with Crippen molar-refractivity contribution in [2.24, 2.45) is 0 Å². The average molecular weight is 344 g/mol. The monoisotopic (exact) mass is 344 g/mol. The molecule has 0 spiro atoms. The lowest BCUT2D eigenvalue weighted by molar-refractivity contribution is -0.136. The van der Waals surface area contributed by atoms with Crippen LogP contribution in [0, 0.1) is 11.5 Å². The zero-order valence-corrected chi connectivity index (χ0v) is 14.7. The van der Waals surface area contributed by atoms with E-state index in [1.54, 1.807) is 31.3 Å². The Morgan fingerprint density at radius 2 is 1.64 bits per heavy atom. The Morgan fingerprint density at radius 3 is 2.00 bits per heavy atom. The largest absolute Gasteiger partial charge is 0.466 e. The third-order valence-electron chi connectivity index (χ3n) is 2.58. The number of amides is 1. The molecule has 0 aliphatic carbocycles. The van der Waals surface area contributed by atoms with Crippen LogP contribution >= 0.6 is 0 Å². The summed E-state index contributed by atoms with van der Waals surface area (Å²) in [6.07, 6.45) is 1.75. The van der Waals surface area contributed by atoms with Crippen LogP contribution in [0.1, 0.15) is 20.8 Å². The predicted molar refractivity (Wildman–Crippen MR) is 92.5 cm³/mol. The lowest BCUT2D eigenvalue weighted by Crippen LogP contribution is -2.22. The molecule has 0 saturated carbocycles. The van der Waals surface area contributed by atoms with Crippen LogP contribution < -0.4 is 9.64 Å². The van der Waals surface area contributed by atoms with Gasteiger partial charge in [0.25, 0.3) is 0 Å². The average Bonchev–Trinajstić information content (AvgIpc) is 2.55. The first-order valence-electron chi connectivity index (χ1n) is 7.06. The topological polar surface area (TPSA) is 96.7 Å². The molecule has 1 rings (SSSR count). The number of carbonyl (C=O) groups is 3. The molecule has 0 unspecified atom stereocenters. The standard InChI is InChI=1S/C13H12N2O3.C5H8O2/c1-9(2)13(17)18-12-6-4-5-11(7-12)15(8-14)10(3)16;1-4(2)5(6)7-3/h4-7H,1H2,2-3H3;1H2,2-3H3. The van der Waals surface area contributed by atoms with Crippen molar-refractivity contribution >= 4 is 23.5 Å². The summed E-state index contributed by atoms with van der Waals surface area (Å²) in [6.45, 7) is 11.2. The van der Waals surface area contributed by atoms with Crippen molar-refractivity contribution in [1.29, 1.82) is 5.26 Å². The SMILES string of the molecule is C=C(C)C(=O)OC.C=C(C)C(=O)Oc1cccc(N(C#N)C(C)=O)c1. The Labute approximate surface area is 146 Å². The second-order valence-electron chi connectivity index (χ2n) is 4.89. The third kappa shape index (κ3) is 7.61. The quantitative estimate of drug-likeness (QED) is 0.274. The molecule has 0 aliphatic heterocycles. The van der Waals surface area contributed by atoms with Gasteiger partial charge in [-0.25, -0.2) is 14.5 Å². The van der Waals surface area contributed by atoms with Gasteiger partial charge >= 0.3 is 11.9 Å². The van der Waals surface area contributed by atoms with Crippen LogP contribution in [0.5, 0.6) is 5.75 Å². The Bertz CT molecular complexity index is 731. The summed E-state index contributed by atoms with van der Waals surface area (Å²) in [4.78, 5) is 33.6. The molecule has 0 radical (unpaired) electrons. The van der Waals surface area contributed by atoms with Gasteiger partial charge in [0.15, 0.2) is 6.19 Å². The van der Waals surface area contributed by atoms with Crippen molar-refractivity contribution in [1.82, 2.24) is 0 Å². The Morgan fingerprint density at radius 1 is 1.08 bits per heavy atom. The molecule has 132 valence electrons. The van der Waals surface area contributed by atoms with Crippen LogP contribution in [0.25, 0.3) is 0 Å². The first-order valence-corrected chi connectivity index (χ1v) is 7.06. The van der Waals surface area contributed by atoms with E-state index in [0.29, 0.717) is 11.3 Å². The summed E-state index contributed by atoms with van der Waals surface area (Å²) >= 11 is 0. The molecular weight excluding hydrogens is 324 g/mol. The number of nitriles is 1. The van der Waals surface area contributed by atoms with Crippen molar-refractivity contribution in [2.75, 3.05) is 12.0 Å². The number of hydrogen-bond donors (Lipinski definition) is 0. The van der Waals surface area contributed by atoms with Crippen LogP contribution in [-0.4, -0.2) is 25.0 Å². The maximum atomic E-state index is 11.3. The predicted octanol–water partition coefficient (Wildman–Crippen LogP) is 2.74. The molecule has 0 fully saturated rings. The number of carbonyl (C=O) groups excluding carboxylic acids is 3. The van der Waals surface area contributed by atoms with Crippen molar-refractivity contribution in [3.63, 3.8) is 0 Å². The van der Waals surface area contributed by atoms with E-state index in [1.807, 2.05) is 0 Å². The van der Waals surface area contributed by atoms with E-state index in [9.17, 15) is 14.4 Å².